The molecule has 0 atom stereocenters. The van der Waals surface area contributed by atoms with Gasteiger partial charge in [0.05, 0.1) is 0 Å². The number of pyridine rings is 1. The second kappa shape index (κ2) is 7.59. The summed E-state index contributed by atoms with van der Waals surface area (Å²) in [5.41, 5.74) is 6.43. The van der Waals surface area contributed by atoms with Crippen LogP contribution in [0.1, 0.15) is 52.7 Å². The third kappa shape index (κ3) is 3.74. The first kappa shape index (κ1) is 21.5. The Kier molecular flexibility index (Phi) is 4.93. The van der Waals surface area contributed by atoms with Crippen LogP contribution in [0.15, 0.2) is 83.4 Å². The molecule has 0 saturated carbocycles. The Morgan fingerprint density at radius 1 is 0.667 bits per heavy atom. The molecule has 0 N–H and O–H groups in total. The Morgan fingerprint density at radius 3 is 2.06 bits per heavy atom. The predicted molar refractivity (Wildman–Crippen MR) is 140 cm³/mol. The van der Waals surface area contributed by atoms with Crippen molar-refractivity contribution < 1.29 is 4.42 Å². The number of fused-ring (bicyclic) bond motifs is 2. The third-order valence-electron chi connectivity index (χ3n) is 6.33. The van der Waals surface area contributed by atoms with Gasteiger partial charge in [-0.25, -0.2) is 0 Å². The average molecular weight is 434 g/mol. The second-order valence-corrected chi connectivity index (χ2v) is 11.0. The topological polar surface area (TPSA) is 26.0 Å². The van der Waals surface area contributed by atoms with Crippen molar-refractivity contribution in [3.05, 3.63) is 90.1 Å². The van der Waals surface area contributed by atoms with Crippen LogP contribution < -0.4 is 0 Å². The summed E-state index contributed by atoms with van der Waals surface area (Å²) < 4.78 is 6.67. The molecule has 2 aromatic heterocycles. The maximum absolute atomic E-state index is 6.67. The number of rotatable bonds is 2. The minimum Gasteiger partial charge on any atom is -0.453 e. The molecule has 0 radical (unpaired) electrons. The van der Waals surface area contributed by atoms with Gasteiger partial charge in [0.2, 0.25) is 0 Å². The van der Waals surface area contributed by atoms with Gasteiger partial charge in [-0.3, -0.25) is 4.98 Å². The fourth-order valence-corrected chi connectivity index (χ4v) is 4.83. The molecule has 2 heterocycles. The zero-order valence-corrected chi connectivity index (χ0v) is 20.4. The number of nitrogens with zero attached hydrogens (tertiary/aromatic N) is 1. The molecule has 0 saturated heterocycles. The van der Waals surface area contributed by atoms with Crippen molar-refractivity contribution >= 4 is 21.7 Å². The van der Waals surface area contributed by atoms with Gasteiger partial charge in [0.25, 0.3) is 0 Å². The van der Waals surface area contributed by atoms with Crippen LogP contribution >= 0.6 is 0 Å². The van der Waals surface area contributed by atoms with Crippen molar-refractivity contribution in [2.75, 3.05) is 0 Å². The summed E-state index contributed by atoms with van der Waals surface area (Å²) in [6.45, 7) is 13.5. The summed E-state index contributed by atoms with van der Waals surface area (Å²) in [6, 6.07) is 25.7. The molecule has 0 unspecified atom stereocenters. The summed E-state index contributed by atoms with van der Waals surface area (Å²) in [6.07, 6.45) is 1.92. The van der Waals surface area contributed by atoms with Crippen LogP contribution in [0.25, 0.3) is 44.3 Å². The fourth-order valence-electron chi connectivity index (χ4n) is 4.83. The van der Waals surface area contributed by atoms with Gasteiger partial charge in [-0.1, -0.05) is 96.1 Å². The van der Waals surface area contributed by atoms with E-state index < -0.39 is 0 Å². The second-order valence-electron chi connectivity index (χ2n) is 11.0. The number of aromatic nitrogens is 1. The molecular formula is C31H31NO. The van der Waals surface area contributed by atoms with Crippen LogP contribution in [0, 0.1) is 0 Å². The van der Waals surface area contributed by atoms with Crippen LogP contribution in [-0.2, 0) is 10.8 Å². The highest BCUT2D eigenvalue weighted by molar-refractivity contribution is 5.99. The Hall–Kier alpha value is -3.39. The molecule has 166 valence electrons. The molecule has 2 nitrogen and oxygen atoms in total. The quantitative estimate of drug-likeness (QED) is 0.278. The van der Waals surface area contributed by atoms with Crippen LogP contribution in [-0.4, -0.2) is 4.98 Å². The number of hydrogen-bond donors (Lipinski definition) is 0. The molecule has 33 heavy (non-hydrogen) atoms. The van der Waals surface area contributed by atoms with E-state index in [0.29, 0.717) is 0 Å². The SMILES string of the molecule is CC(C)(C)c1cc(-c2nccc3c(C(C)(C)C)c(-c4ccccc4)oc23)cc2ccccc12. The van der Waals surface area contributed by atoms with E-state index in [1.807, 2.05) is 12.3 Å². The van der Waals surface area contributed by atoms with Crippen LogP contribution in [0.5, 0.6) is 0 Å². The van der Waals surface area contributed by atoms with Gasteiger partial charge in [0.15, 0.2) is 5.58 Å². The lowest BCUT2D eigenvalue weighted by Crippen LogP contribution is -2.12. The highest BCUT2D eigenvalue weighted by atomic mass is 16.3. The predicted octanol–water partition coefficient (Wildman–Crippen LogP) is 8.91. The van der Waals surface area contributed by atoms with E-state index in [9.17, 15) is 0 Å². The van der Waals surface area contributed by atoms with E-state index in [1.165, 1.54) is 21.9 Å². The average Bonchev–Trinajstić information content (AvgIpc) is 3.18. The molecule has 5 rings (SSSR count). The Morgan fingerprint density at radius 2 is 1.36 bits per heavy atom. The Balaban J connectivity index is 1.84. The van der Waals surface area contributed by atoms with E-state index in [4.69, 9.17) is 9.40 Å². The molecular weight excluding hydrogens is 402 g/mol. The number of benzene rings is 3. The van der Waals surface area contributed by atoms with Gasteiger partial charge in [0.1, 0.15) is 11.5 Å². The molecule has 3 aromatic carbocycles. The van der Waals surface area contributed by atoms with Crippen molar-refractivity contribution in [2.24, 2.45) is 0 Å². The first-order valence-electron chi connectivity index (χ1n) is 11.7. The molecule has 0 fully saturated rings. The number of furan rings is 1. The first-order valence-corrected chi connectivity index (χ1v) is 11.7. The van der Waals surface area contributed by atoms with Gasteiger partial charge < -0.3 is 4.42 Å². The maximum atomic E-state index is 6.67. The van der Waals surface area contributed by atoms with E-state index >= 15 is 0 Å². The van der Waals surface area contributed by atoms with E-state index in [0.717, 1.165) is 33.6 Å². The lowest BCUT2D eigenvalue weighted by Gasteiger charge is -2.22. The molecule has 2 heteroatoms. The first-order chi connectivity index (χ1) is 15.6. The smallest absolute Gasteiger partial charge is 0.161 e. The standard InChI is InChI=1S/C31H31NO/c1-30(2,3)25-19-22(18-21-14-10-11-15-23(21)25)27-29-24(16-17-32-27)26(31(4,5)6)28(33-29)20-12-8-7-9-13-20/h7-19H,1-6H3. The third-order valence-corrected chi connectivity index (χ3v) is 6.33. The fraction of sp³-hybridized carbons (Fsp3) is 0.258. The molecule has 0 aliphatic carbocycles. The van der Waals surface area contributed by atoms with Crippen LogP contribution in [0.2, 0.25) is 0 Å². The molecule has 0 bridgehead atoms. The largest absolute Gasteiger partial charge is 0.453 e. The van der Waals surface area contributed by atoms with E-state index in [1.54, 1.807) is 0 Å². The van der Waals surface area contributed by atoms with Crippen LogP contribution in [0.4, 0.5) is 0 Å². The summed E-state index contributed by atoms with van der Waals surface area (Å²) in [5.74, 6) is 0.934. The minimum atomic E-state index is -0.0744. The normalized spacial score (nSPS) is 12.5. The molecule has 0 aliphatic rings. The lowest BCUT2D eigenvalue weighted by molar-refractivity contribution is 0.568. The van der Waals surface area contributed by atoms with Crippen molar-refractivity contribution in [3.8, 4) is 22.6 Å². The molecule has 0 amide bonds. The Bertz CT molecular complexity index is 1460. The summed E-state index contributed by atoms with van der Waals surface area (Å²) in [7, 11) is 0. The molecule has 0 spiro atoms. The zero-order valence-electron chi connectivity index (χ0n) is 20.4. The van der Waals surface area contributed by atoms with E-state index in [2.05, 4.69) is 108 Å². The summed E-state index contributed by atoms with van der Waals surface area (Å²) >= 11 is 0. The van der Waals surface area contributed by atoms with Crippen LogP contribution in [0.3, 0.4) is 0 Å². The van der Waals surface area contributed by atoms with Gasteiger partial charge in [0, 0.05) is 28.3 Å². The van der Waals surface area contributed by atoms with Gasteiger partial charge in [-0.15, -0.1) is 0 Å². The van der Waals surface area contributed by atoms with Gasteiger partial charge in [-0.2, -0.15) is 0 Å². The van der Waals surface area contributed by atoms with E-state index in [-0.39, 0.29) is 10.8 Å². The number of hydrogen-bond acceptors (Lipinski definition) is 2. The molecule has 0 aliphatic heterocycles. The monoisotopic (exact) mass is 433 g/mol. The maximum Gasteiger partial charge on any atom is 0.161 e. The summed E-state index contributed by atoms with van der Waals surface area (Å²) in [5, 5.41) is 3.65. The van der Waals surface area contributed by atoms with Crippen molar-refractivity contribution in [1.29, 1.82) is 0 Å². The van der Waals surface area contributed by atoms with Gasteiger partial charge in [-0.05, 0) is 45.4 Å². The summed E-state index contributed by atoms with van der Waals surface area (Å²) in [4.78, 5) is 4.84. The minimum absolute atomic E-state index is 0.0123. The van der Waals surface area contributed by atoms with Crippen molar-refractivity contribution in [2.45, 2.75) is 52.4 Å². The van der Waals surface area contributed by atoms with Gasteiger partial charge >= 0.3 is 0 Å². The lowest BCUT2D eigenvalue weighted by atomic mass is 9.82. The van der Waals surface area contributed by atoms with Crippen molar-refractivity contribution in [3.63, 3.8) is 0 Å². The zero-order chi connectivity index (χ0) is 23.4. The van der Waals surface area contributed by atoms with Crippen molar-refractivity contribution in [1.82, 2.24) is 4.98 Å². The highest BCUT2D eigenvalue weighted by Gasteiger charge is 2.28. The highest BCUT2D eigenvalue weighted by Crippen LogP contribution is 2.44. The molecule has 5 aromatic rings. The Labute approximate surface area is 196 Å².